The highest BCUT2D eigenvalue weighted by Crippen LogP contribution is 2.61. The van der Waals surface area contributed by atoms with Gasteiger partial charge in [-0.15, -0.1) is 0 Å². The molecular weight excluding hydrogens is 261 g/mol. The Kier molecular flexibility index (Phi) is 5.12. The van der Waals surface area contributed by atoms with Gasteiger partial charge in [0.1, 0.15) is 11.6 Å². The minimum atomic E-state index is -0.655. The second kappa shape index (κ2) is 5.87. The fourth-order valence-electron chi connectivity index (χ4n) is 2.50. The van der Waals surface area contributed by atoms with E-state index in [1.54, 1.807) is 0 Å². The van der Waals surface area contributed by atoms with E-state index >= 15 is 0 Å². The van der Waals surface area contributed by atoms with Crippen molar-refractivity contribution in [2.24, 2.45) is 0 Å². The summed E-state index contributed by atoms with van der Waals surface area (Å²) in [5.74, 6) is -0.942. The van der Waals surface area contributed by atoms with Crippen molar-refractivity contribution in [1.82, 2.24) is 0 Å². The van der Waals surface area contributed by atoms with Crippen LogP contribution < -0.4 is 5.30 Å². The van der Waals surface area contributed by atoms with Crippen LogP contribution in [0, 0.1) is 11.6 Å². The van der Waals surface area contributed by atoms with Gasteiger partial charge in [-0.1, -0.05) is 49.5 Å². The van der Waals surface area contributed by atoms with Crippen molar-refractivity contribution < 1.29 is 8.78 Å². The molecule has 0 aliphatic rings. The summed E-state index contributed by atoms with van der Waals surface area (Å²) in [7, 11) is -0.655. The Balaban J connectivity index is 3.39. The average molecular weight is 286 g/mol. The molecule has 0 spiro atoms. The van der Waals surface area contributed by atoms with Crippen LogP contribution in [0.2, 0.25) is 0 Å². The van der Waals surface area contributed by atoms with Gasteiger partial charge in [-0.3, -0.25) is 0 Å². The lowest BCUT2D eigenvalue weighted by atomic mass is 10.1. The van der Waals surface area contributed by atoms with E-state index in [-0.39, 0.29) is 10.3 Å². The minimum Gasteiger partial charge on any atom is -0.207 e. The fraction of sp³-hybridized carbons (Fsp3) is 0.625. The molecule has 1 aromatic rings. The van der Waals surface area contributed by atoms with E-state index in [9.17, 15) is 8.78 Å². The third-order valence-corrected chi connectivity index (χ3v) is 7.87. The van der Waals surface area contributed by atoms with E-state index < -0.39 is 19.6 Å². The number of halogens is 2. The highest BCUT2D eigenvalue weighted by Gasteiger charge is 2.39. The Labute approximate surface area is 117 Å². The van der Waals surface area contributed by atoms with Crippen LogP contribution in [0.4, 0.5) is 8.78 Å². The van der Waals surface area contributed by atoms with Crippen LogP contribution in [0.15, 0.2) is 18.2 Å². The zero-order valence-electron chi connectivity index (χ0n) is 12.8. The van der Waals surface area contributed by atoms with Crippen LogP contribution in [0.5, 0.6) is 0 Å². The summed E-state index contributed by atoms with van der Waals surface area (Å²) in [5, 5.41) is 0.968. The molecule has 19 heavy (non-hydrogen) atoms. The molecule has 1 aromatic carbocycles. The van der Waals surface area contributed by atoms with Gasteiger partial charge in [-0.25, -0.2) is 8.78 Å². The Hall–Kier alpha value is -0.490. The third-order valence-electron chi connectivity index (χ3n) is 4.05. The quantitative estimate of drug-likeness (QED) is 0.631. The molecule has 0 nitrogen and oxygen atoms in total. The molecule has 108 valence electrons. The van der Waals surface area contributed by atoms with E-state index in [1.807, 2.05) is 0 Å². The predicted octanol–water partition coefficient (Wildman–Crippen LogP) is 5.45. The van der Waals surface area contributed by atoms with Crippen LogP contribution in [-0.2, 0) is 0 Å². The van der Waals surface area contributed by atoms with Crippen molar-refractivity contribution >= 4 is 13.2 Å². The Morgan fingerprint density at radius 1 is 0.842 bits per heavy atom. The average Bonchev–Trinajstić information content (AvgIpc) is 2.27. The maximum absolute atomic E-state index is 13.5. The van der Waals surface area contributed by atoms with E-state index in [4.69, 9.17) is 0 Å². The predicted molar refractivity (Wildman–Crippen MR) is 81.7 cm³/mol. The molecule has 0 amide bonds. The third kappa shape index (κ3) is 3.75. The van der Waals surface area contributed by atoms with Gasteiger partial charge in [0.2, 0.25) is 0 Å². The molecule has 3 heteroatoms. The topological polar surface area (TPSA) is 0 Å². The first-order valence-corrected chi connectivity index (χ1v) is 8.24. The number of rotatable bonds is 5. The Bertz CT molecular complexity index is 402. The molecule has 0 N–H and O–H groups in total. The molecule has 0 fully saturated rings. The number of hydrogen-bond acceptors (Lipinski definition) is 0. The lowest BCUT2D eigenvalue weighted by molar-refractivity contribution is 0.583. The highest BCUT2D eigenvalue weighted by molar-refractivity contribution is 7.68. The second-order valence-electron chi connectivity index (χ2n) is 6.30. The molecule has 0 atom stereocenters. The number of hydrogen-bond donors (Lipinski definition) is 0. The smallest absolute Gasteiger partial charge is 0.126 e. The summed E-state index contributed by atoms with van der Waals surface area (Å²) in [5.41, 5.74) is 0. The maximum atomic E-state index is 13.5. The Morgan fingerprint density at radius 2 is 1.21 bits per heavy atom. The van der Waals surface area contributed by atoms with Crippen LogP contribution in [0.1, 0.15) is 54.4 Å². The second-order valence-corrected chi connectivity index (χ2v) is 9.90. The molecule has 0 saturated heterocycles. The first-order chi connectivity index (χ1) is 8.64. The molecule has 1 rings (SSSR count). The zero-order chi connectivity index (χ0) is 14.8. The van der Waals surface area contributed by atoms with Gasteiger partial charge in [0.05, 0.1) is 0 Å². The minimum absolute atomic E-state index is 0.0646. The van der Waals surface area contributed by atoms with E-state index in [2.05, 4.69) is 41.5 Å². The van der Waals surface area contributed by atoms with Crippen LogP contribution in [0.3, 0.4) is 0 Å². The van der Waals surface area contributed by atoms with Gasteiger partial charge < -0.3 is 0 Å². The van der Waals surface area contributed by atoms with Gasteiger partial charge in [0.25, 0.3) is 0 Å². The normalized spacial score (nSPS) is 13.1. The van der Waals surface area contributed by atoms with Gasteiger partial charge in [-0.2, -0.15) is 0 Å². The van der Waals surface area contributed by atoms with E-state index in [0.717, 1.165) is 24.2 Å². The molecule has 0 heterocycles. The molecule has 0 aliphatic carbocycles. The summed E-state index contributed by atoms with van der Waals surface area (Å²) in [6.07, 6.45) is 2.00. The summed E-state index contributed by atoms with van der Waals surface area (Å²) >= 11 is 0. The van der Waals surface area contributed by atoms with Crippen molar-refractivity contribution in [2.45, 2.75) is 64.7 Å². The SMILES string of the molecule is CCC(C)(C)P(c1cc(F)cc(F)c1)C(C)(C)CC. The molecular formula is C16H25F2P. The number of benzene rings is 1. The fourth-order valence-corrected chi connectivity index (χ4v) is 6.68. The van der Waals surface area contributed by atoms with Crippen LogP contribution in [-0.4, -0.2) is 10.3 Å². The van der Waals surface area contributed by atoms with Gasteiger partial charge in [-0.05, 0) is 40.6 Å². The van der Waals surface area contributed by atoms with Crippen molar-refractivity contribution in [3.8, 4) is 0 Å². The van der Waals surface area contributed by atoms with Crippen molar-refractivity contribution in [3.63, 3.8) is 0 Å². The van der Waals surface area contributed by atoms with Crippen LogP contribution >= 0.6 is 7.92 Å². The van der Waals surface area contributed by atoms with Crippen molar-refractivity contribution in [2.75, 3.05) is 0 Å². The molecule has 0 radical (unpaired) electrons. The molecule has 0 aromatic heterocycles. The Morgan fingerprint density at radius 3 is 1.53 bits per heavy atom. The lowest BCUT2D eigenvalue weighted by Gasteiger charge is -2.45. The van der Waals surface area contributed by atoms with E-state index in [0.29, 0.717) is 0 Å². The molecule has 0 unspecified atom stereocenters. The van der Waals surface area contributed by atoms with Crippen molar-refractivity contribution in [3.05, 3.63) is 29.8 Å². The maximum Gasteiger partial charge on any atom is 0.126 e. The monoisotopic (exact) mass is 286 g/mol. The van der Waals surface area contributed by atoms with Gasteiger partial charge in [0.15, 0.2) is 0 Å². The zero-order valence-corrected chi connectivity index (χ0v) is 13.7. The summed E-state index contributed by atoms with van der Waals surface area (Å²) in [6.45, 7) is 13.1. The first-order valence-electron chi connectivity index (χ1n) is 6.90. The van der Waals surface area contributed by atoms with Gasteiger partial charge >= 0.3 is 0 Å². The standard InChI is InChI=1S/C16H25F2P/c1-7-15(3,4)19(16(5,6)8-2)14-10-12(17)9-13(18)11-14/h9-11H,7-8H2,1-6H3. The molecule has 0 aliphatic heterocycles. The lowest BCUT2D eigenvalue weighted by Crippen LogP contribution is -2.34. The summed E-state index contributed by atoms with van der Waals surface area (Å²) < 4.78 is 27.1. The highest BCUT2D eigenvalue weighted by atomic mass is 31.1. The largest absolute Gasteiger partial charge is 0.207 e. The summed E-state index contributed by atoms with van der Waals surface area (Å²) in [6, 6.07) is 3.99. The van der Waals surface area contributed by atoms with Crippen LogP contribution in [0.25, 0.3) is 0 Å². The van der Waals surface area contributed by atoms with Crippen molar-refractivity contribution in [1.29, 1.82) is 0 Å². The molecule has 0 bridgehead atoms. The van der Waals surface area contributed by atoms with E-state index in [1.165, 1.54) is 12.1 Å². The van der Waals surface area contributed by atoms with Gasteiger partial charge in [0, 0.05) is 6.07 Å². The molecule has 0 saturated carbocycles. The first kappa shape index (κ1) is 16.6. The summed E-state index contributed by atoms with van der Waals surface area (Å²) in [4.78, 5) is 0.